The van der Waals surface area contributed by atoms with E-state index in [4.69, 9.17) is 4.42 Å². The molecule has 1 N–H and O–H groups in total. The van der Waals surface area contributed by atoms with E-state index in [1.54, 1.807) is 12.3 Å². The first-order valence-electron chi connectivity index (χ1n) is 11.1. The van der Waals surface area contributed by atoms with Crippen LogP contribution >= 0.6 is 0 Å². The fraction of sp³-hybridized carbons (Fsp3) is 0.308. The lowest BCUT2D eigenvalue weighted by molar-refractivity contribution is -0.127. The van der Waals surface area contributed by atoms with Crippen molar-refractivity contribution in [3.8, 4) is 0 Å². The molecule has 2 amide bonds. The summed E-state index contributed by atoms with van der Waals surface area (Å²) in [7, 11) is 0. The quantitative estimate of drug-likeness (QED) is 0.587. The summed E-state index contributed by atoms with van der Waals surface area (Å²) in [5.74, 6) is 0.648. The highest BCUT2D eigenvalue weighted by molar-refractivity contribution is 5.95. The number of likely N-dealkylation sites (tertiary alicyclic amines) is 1. The van der Waals surface area contributed by atoms with Crippen LogP contribution in [0.1, 0.15) is 29.7 Å². The zero-order valence-corrected chi connectivity index (χ0v) is 18.4. The molecule has 1 aromatic heterocycles. The van der Waals surface area contributed by atoms with Crippen LogP contribution < -0.4 is 10.2 Å². The third-order valence-corrected chi connectivity index (χ3v) is 5.82. The van der Waals surface area contributed by atoms with Gasteiger partial charge in [0.15, 0.2) is 0 Å². The van der Waals surface area contributed by atoms with E-state index < -0.39 is 0 Å². The van der Waals surface area contributed by atoms with E-state index in [9.17, 15) is 9.59 Å². The first kappa shape index (κ1) is 21.8. The molecule has 1 saturated heterocycles. The maximum absolute atomic E-state index is 13.5. The van der Waals surface area contributed by atoms with Crippen LogP contribution in [0.3, 0.4) is 0 Å². The number of carbonyl (C=O) groups is 2. The Morgan fingerprint density at radius 1 is 1.09 bits per heavy atom. The predicted molar refractivity (Wildman–Crippen MR) is 124 cm³/mol. The summed E-state index contributed by atoms with van der Waals surface area (Å²) in [4.78, 5) is 30.1. The third-order valence-electron chi connectivity index (χ3n) is 5.82. The van der Waals surface area contributed by atoms with Gasteiger partial charge in [-0.25, -0.2) is 0 Å². The molecular weight excluding hydrogens is 402 g/mol. The molecular formula is C26H29N3O3. The van der Waals surface area contributed by atoms with Gasteiger partial charge in [0.2, 0.25) is 11.8 Å². The Kier molecular flexibility index (Phi) is 7.02. The molecule has 166 valence electrons. The van der Waals surface area contributed by atoms with E-state index in [0.717, 1.165) is 36.2 Å². The Labute approximate surface area is 188 Å². The number of aryl methyl sites for hydroxylation is 1. The number of rotatable bonds is 8. The van der Waals surface area contributed by atoms with Crippen molar-refractivity contribution in [1.82, 2.24) is 10.2 Å². The molecule has 2 aromatic carbocycles. The highest BCUT2D eigenvalue weighted by atomic mass is 16.3. The lowest BCUT2D eigenvalue weighted by Gasteiger charge is -2.28. The summed E-state index contributed by atoms with van der Waals surface area (Å²) < 4.78 is 5.30. The van der Waals surface area contributed by atoms with Gasteiger partial charge in [-0.2, -0.15) is 0 Å². The molecule has 0 bridgehead atoms. The zero-order valence-electron chi connectivity index (χ0n) is 18.4. The number of carbonyl (C=O) groups excluding carboxylic acids is 2. The van der Waals surface area contributed by atoms with Gasteiger partial charge >= 0.3 is 0 Å². The van der Waals surface area contributed by atoms with Crippen LogP contribution in [0.25, 0.3) is 0 Å². The minimum Gasteiger partial charge on any atom is -0.467 e. The van der Waals surface area contributed by atoms with Crippen LogP contribution in [0.2, 0.25) is 0 Å². The fourth-order valence-corrected chi connectivity index (χ4v) is 4.16. The largest absolute Gasteiger partial charge is 0.467 e. The number of hydrogen-bond acceptors (Lipinski definition) is 4. The third kappa shape index (κ3) is 5.45. The summed E-state index contributed by atoms with van der Waals surface area (Å²) in [5, 5.41) is 2.94. The van der Waals surface area contributed by atoms with Crippen LogP contribution in [0.5, 0.6) is 0 Å². The molecule has 0 saturated carbocycles. The normalized spacial score (nSPS) is 16.1. The highest BCUT2D eigenvalue weighted by Crippen LogP contribution is 2.22. The van der Waals surface area contributed by atoms with E-state index in [2.05, 4.69) is 5.32 Å². The minimum atomic E-state index is -0.301. The van der Waals surface area contributed by atoms with Gasteiger partial charge in [-0.3, -0.25) is 14.5 Å². The number of benzene rings is 2. The van der Waals surface area contributed by atoms with Crippen LogP contribution in [0, 0.1) is 6.92 Å². The number of hydrogen-bond donors (Lipinski definition) is 1. The van der Waals surface area contributed by atoms with Crippen LogP contribution in [0.15, 0.2) is 77.4 Å². The molecule has 1 fully saturated rings. The molecule has 0 unspecified atom stereocenters. The standard InChI is InChI=1S/C26H29N3O3/c1-20-8-5-11-22(16-20)29(18-21-9-3-2-4-10-21)25(30)19-28-14-6-13-24(28)26(31)27-17-23-12-7-15-32-23/h2-5,7-12,15-16,24H,6,13-14,17-19H2,1H3,(H,27,31)/t24-/m1/s1. The first-order valence-corrected chi connectivity index (χ1v) is 11.1. The van der Waals surface area contributed by atoms with Crippen molar-refractivity contribution in [3.63, 3.8) is 0 Å². The van der Waals surface area contributed by atoms with Crippen LogP contribution in [-0.2, 0) is 22.7 Å². The van der Waals surface area contributed by atoms with Crippen LogP contribution in [0.4, 0.5) is 5.69 Å². The van der Waals surface area contributed by atoms with Crippen LogP contribution in [-0.4, -0.2) is 35.8 Å². The molecule has 4 rings (SSSR count). The van der Waals surface area contributed by atoms with E-state index in [1.165, 1.54) is 0 Å². The first-order chi connectivity index (χ1) is 15.6. The van der Waals surface area contributed by atoms with Gasteiger partial charge < -0.3 is 14.6 Å². The SMILES string of the molecule is Cc1cccc(N(Cc2ccccc2)C(=O)CN2CCC[C@@H]2C(=O)NCc2ccco2)c1. The maximum atomic E-state index is 13.5. The van der Waals surface area contributed by atoms with Gasteiger partial charge in [0.1, 0.15) is 5.76 Å². The number of nitrogens with zero attached hydrogens (tertiary/aromatic N) is 2. The van der Waals surface area contributed by atoms with Gasteiger partial charge in [0, 0.05) is 5.69 Å². The maximum Gasteiger partial charge on any atom is 0.241 e. The molecule has 1 aliphatic heterocycles. The molecule has 6 heteroatoms. The molecule has 1 atom stereocenters. The summed E-state index contributed by atoms with van der Waals surface area (Å²) in [6, 6.07) is 21.3. The second-order valence-corrected chi connectivity index (χ2v) is 8.23. The second-order valence-electron chi connectivity index (χ2n) is 8.23. The summed E-state index contributed by atoms with van der Waals surface area (Å²) >= 11 is 0. The Morgan fingerprint density at radius 2 is 1.94 bits per heavy atom. The van der Waals surface area contributed by atoms with Crippen molar-refractivity contribution in [1.29, 1.82) is 0 Å². The zero-order chi connectivity index (χ0) is 22.3. The molecule has 32 heavy (non-hydrogen) atoms. The lowest BCUT2D eigenvalue weighted by atomic mass is 10.1. The Morgan fingerprint density at radius 3 is 2.69 bits per heavy atom. The molecule has 0 spiro atoms. The molecule has 6 nitrogen and oxygen atoms in total. The van der Waals surface area contributed by atoms with Crippen molar-refractivity contribution in [2.45, 2.75) is 38.9 Å². The van der Waals surface area contributed by atoms with Crippen molar-refractivity contribution in [2.24, 2.45) is 0 Å². The van der Waals surface area contributed by atoms with E-state index >= 15 is 0 Å². The topological polar surface area (TPSA) is 65.8 Å². The number of anilines is 1. The molecule has 0 aliphatic carbocycles. The Hall–Kier alpha value is -3.38. The fourth-order valence-electron chi connectivity index (χ4n) is 4.16. The molecule has 0 radical (unpaired) electrons. The van der Waals surface area contributed by atoms with E-state index in [0.29, 0.717) is 18.8 Å². The smallest absolute Gasteiger partial charge is 0.241 e. The van der Waals surface area contributed by atoms with Crippen molar-refractivity contribution in [3.05, 3.63) is 89.9 Å². The Bertz CT molecular complexity index is 1030. The Balaban J connectivity index is 1.46. The number of amides is 2. The van der Waals surface area contributed by atoms with E-state index in [1.807, 2.05) is 77.4 Å². The molecule has 2 heterocycles. The van der Waals surface area contributed by atoms with Crippen molar-refractivity contribution in [2.75, 3.05) is 18.0 Å². The summed E-state index contributed by atoms with van der Waals surface area (Å²) in [6.45, 7) is 3.81. The summed E-state index contributed by atoms with van der Waals surface area (Å²) in [5.41, 5.74) is 3.04. The minimum absolute atomic E-state index is 0.00909. The second kappa shape index (κ2) is 10.3. The predicted octanol–water partition coefficient (Wildman–Crippen LogP) is 3.90. The highest BCUT2D eigenvalue weighted by Gasteiger charge is 2.33. The van der Waals surface area contributed by atoms with Crippen molar-refractivity contribution < 1.29 is 14.0 Å². The lowest BCUT2D eigenvalue weighted by Crippen LogP contribution is -2.47. The summed E-state index contributed by atoms with van der Waals surface area (Å²) in [6.07, 6.45) is 3.24. The average molecular weight is 432 g/mol. The van der Waals surface area contributed by atoms with Gasteiger partial charge in [-0.15, -0.1) is 0 Å². The van der Waals surface area contributed by atoms with Gasteiger partial charge in [0.25, 0.3) is 0 Å². The van der Waals surface area contributed by atoms with Gasteiger partial charge in [0.05, 0.1) is 31.9 Å². The molecule has 1 aliphatic rings. The number of furan rings is 1. The number of nitrogens with one attached hydrogen (secondary N) is 1. The molecule has 3 aromatic rings. The van der Waals surface area contributed by atoms with Crippen molar-refractivity contribution >= 4 is 17.5 Å². The average Bonchev–Trinajstić information content (AvgIpc) is 3.49. The van der Waals surface area contributed by atoms with E-state index in [-0.39, 0.29) is 24.4 Å². The van der Waals surface area contributed by atoms with Gasteiger partial charge in [-0.05, 0) is 61.7 Å². The monoisotopic (exact) mass is 431 g/mol. The van der Waals surface area contributed by atoms with Gasteiger partial charge in [-0.1, -0.05) is 42.5 Å².